The predicted molar refractivity (Wildman–Crippen MR) is 80.7 cm³/mol. The van der Waals surface area contributed by atoms with E-state index in [1.807, 2.05) is 39.8 Å². The molecular weight excluding hydrogens is 252 g/mol. The summed E-state index contributed by atoms with van der Waals surface area (Å²) in [6.45, 7) is 8.05. The SMILES string of the molecule is Cc1ccc(NC(=O)Cn2nc(C)c(C)c2C)cc1N. The molecule has 0 aliphatic rings. The van der Waals surface area contributed by atoms with Gasteiger partial charge >= 0.3 is 0 Å². The number of aromatic nitrogens is 2. The number of carbonyl (C=O) groups excluding carboxylic acids is 1. The molecule has 0 saturated heterocycles. The molecule has 5 heteroatoms. The van der Waals surface area contributed by atoms with Gasteiger partial charge < -0.3 is 11.1 Å². The van der Waals surface area contributed by atoms with Crippen LogP contribution in [0.15, 0.2) is 18.2 Å². The first-order valence-electron chi connectivity index (χ1n) is 6.55. The van der Waals surface area contributed by atoms with Crippen molar-refractivity contribution < 1.29 is 4.79 Å². The van der Waals surface area contributed by atoms with Gasteiger partial charge in [-0.3, -0.25) is 9.48 Å². The van der Waals surface area contributed by atoms with Gasteiger partial charge in [-0.1, -0.05) is 6.07 Å². The van der Waals surface area contributed by atoms with Crippen LogP contribution in [0.5, 0.6) is 0 Å². The molecule has 2 aromatic rings. The highest BCUT2D eigenvalue weighted by Crippen LogP contribution is 2.17. The lowest BCUT2D eigenvalue weighted by Gasteiger charge is -2.08. The molecular formula is C15H20N4O. The number of benzene rings is 1. The van der Waals surface area contributed by atoms with Crippen LogP contribution in [0.1, 0.15) is 22.5 Å². The third-order valence-electron chi connectivity index (χ3n) is 3.60. The van der Waals surface area contributed by atoms with Gasteiger partial charge in [0, 0.05) is 17.1 Å². The Morgan fingerprint density at radius 1 is 1.30 bits per heavy atom. The van der Waals surface area contributed by atoms with Crippen molar-refractivity contribution in [3.63, 3.8) is 0 Å². The van der Waals surface area contributed by atoms with Gasteiger partial charge in [-0.15, -0.1) is 0 Å². The molecule has 0 unspecified atom stereocenters. The third-order valence-corrected chi connectivity index (χ3v) is 3.60. The summed E-state index contributed by atoms with van der Waals surface area (Å²) < 4.78 is 1.72. The predicted octanol–water partition coefficient (Wildman–Crippen LogP) is 2.34. The van der Waals surface area contributed by atoms with E-state index in [2.05, 4.69) is 10.4 Å². The molecule has 0 fully saturated rings. The maximum Gasteiger partial charge on any atom is 0.246 e. The number of carbonyl (C=O) groups is 1. The fourth-order valence-corrected chi connectivity index (χ4v) is 2.00. The van der Waals surface area contributed by atoms with Crippen molar-refractivity contribution in [2.24, 2.45) is 0 Å². The Kier molecular flexibility index (Phi) is 3.79. The fourth-order valence-electron chi connectivity index (χ4n) is 2.00. The second-order valence-corrected chi connectivity index (χ2v) is 5.07. The van der Waals surface area contributed by atoms with Crippen LogP contribution in [-0.4, -0.2) is 15.7 Å². The summed E-state index contributed by atoms with van der Waals surface area (Å²) in [5.41, 5.74) is 11.3. The average Bonchev–Trinajstić information content (AvgIpc) is 2.61. The number of anilines is 2. The Bertz CT molecular complexity index is 658. The normalized spacial score (nSPS) is 10.6. The number of rotatable bonds is 3. The van der Waals surface area contributed by atoms with Gasteiger partial charge in [0.25, 0.3) is 0 Å². The summed E-state index contributed by atoms with van der Waals surface area (Å²) in [7, 11) is 0. The van der Waals surface area contributed by atoms with Crippen LogP contribution >= 0.6 is 0 Å². The topological polar surface area (TPSA) is 72.9 Å². The van der Waals surface area contributed by atoms with Gasteiger partial charge in [-0.05, 0) is 51.0 Å². The highest BCUT2D eigenvalue weighted by Gasteiger charge is 2.11. The Morgan fingerprint density at radius 3 is 2.55 bits per heavy atom. The minimum absolute atomic E-state index is 0.112. The van der Waals surface area contributed by atoms with Crippen LogP contribution in [0.4, 0.5) is 11.4 Å². The lowest BCUT2D eigenvalue weighted by molar-refractivity contribution is -0.116. The molecule has 1 aromatic carbocycles. The number of nitrogen functional groups attached to an aromatic ring is 1. The maximum absolute atomic E-state index is 12.0. The number of nitrogens with one attached hydrogen (secondary N) is 1. The molecule has 5 nitrogen and oxygen atoms in total. The highest BCUT2D eigenvalue weighted by atomic mass is 16.2. The van der Waals surface area contributed by atoms with E-state index in [0.29, 0.717) is 11.4 Å². The number of aryl methyl sites for hydroxylation is 2. The van der Waals surface area contributed by atoms with Crippen molar-refractivity contribution in [2.45, 2.75) is 34.2 Å². The van der Waals surface area contributed by atoms with Crippen LogP contribution in [0, 0.1) is 27.7 Å². The van der Waals surface area contributed by atoms with E-state index in [4.69, 9.17) is 5.73 Å². The molecule has 1 amide bonds. The monoisotopic (exact) mass is 272 g/mol. The van der Waals surface area contributed by atoms with Crippen molar-refractivity contribution in [3.05, 3.63) is 40.7 Å². The molecule has 0 aliphatic heterocycles. The van der Waals surface area contributed by atoms with E-state index in [1.165, 1.54) is 0 Å². The van der Waals surface area contributed by atoms with Gasteiger partial charge in [0.05, 0.1) is 5.69 Å². The average molecular weight is 272 g/mol. The van der Waals surface area contributed by atoms with E-state index >= 15 is 0 Å². The van der Waals surface area contributed by atoms with Gasteiger partial charge in [0.2, 0.25) is 5.91 Å². The second-order valence-electron chi connectivity index (χ2n) is 5.07. The summed E-state index contributed by atoms with van der Waals surface area (Å²) in [5, 5.41) is 7.19. The van der Waals surface area contributed by atoms with E-state index < -0.39 is 0 Å². The van der Waals surface area contributed by atoms with Crippen molar-refractivity contribution in [1.82, 2.24) is 9.78 Å². The summed E-state index contributed by atoms with van der Waals surface area (Å²) >= 11 is 0. The molecule has 0 radical (unpaired) electrons. The zero-order valence-corrected chi connectivity index (χ0v) is 12.3. The fraction of sp³-hybridized carbons (Fsp3) is 0.333. The van der Waals surface area contributed by atoms with Gasteiger partial charge in [-0.2, -0.15) is 5.10 Å². The molecule has 106 valence electrons. The van der Waals surface area contributed by atoms with Crippen molar-refractivity contribution in [3.8, 4) is 0 Å². The Morgan fingerprint density at radius 2 is 2.00 bits per heavy atom. The molecule has 20 heavy (non-hydrogen) atoms. The van der Waals surface area contributed by atoms with Crippen LogP contribution in [0.2, 0.25) is 0 Å². The van der Waals surface area contributed by atoms with E-state index in [0.717, 1.165) is 22.5 Å². The first-order valence-corrected chi connectivity index (χ1v) is 6.55. The molecule has 0 bridgehead atoms. The summed E-state index contributed by atoms with van der Waals surface area (Å²) in [5.74, 6) is -0.112. The van der Waals surface area contributed by atoms with Crippen LogP contribution < -0.4 is 11.1 Å². The van der Waals surface area contributed by atoms with Crippen molar-refractivity contribution in [2.75, 3.05) is 11.1 Å². The van der Waals surface area contributed by atoms with E-state index in [9.17, 15) is 4.79 Å². The highest BCUT2D eigenvalue weighted by molar-refractivity contribution is 5.91. The Hall–Kier alpha value is -2.30. The van der Waals surface area contributed by atoms with Crippen molar-refractivity contribution in [1.29, 1.82) is 0 Å². The molecule has 2 rings (SSSR count). The van der Waals surface area contributed by atoms with E-state index in [1.54, 1.807) is 10.7 Å². The number of nitrogens with zero attached hydrogens (tertiary/aromatic N) is 2. The maximum atomic E-state index is 12.0. The van der Waals surface area contributed by atoms with Crippen molar-refractivity contribution >= 4 is 17.3 Å². The van der Waals surface area contributed by atoms with Gasteiger partial charge in [0.1, 0.15) is 6.54 Å². The van der Waals surface area contributed by atoms with Crippen LogP contribution in [0.3, 0.4) is 0 Å². The first-order chi connectivity index (χ1) is 9.38. The molecule has 3 N–H and O–H groups in total. The van der Waals surface area contributed by atoms with E-state index in [-0.39, 0.29) is 12.5 Å². The first kappa shape index (κ1) is 14.1. The Labute approximate surface area is 118 Å². The number of amides is 1. The van der Waals surface area contributed by atoms with Crippen LogP contribution in [-0.2, 0) is 11.3 Å². The second kappa shape index (κ2) is 5.36. The molecule has 1 aromatic heterocycles. The zero-order chi connectivity index (χ0) is 14.9. The number of hydrogen-bond donors (Lipinski definition) is 2. The summed E-state index contributed by atoms with van der Waals surface area (Å²) in [6, 6.07) is 5.49. The largest absolute Gasteiger partial charge is 0.398 e. The lowest BCUT2D eigenvalue weighted by Crippen LogP contribution is -2.20. The van der Waals surface area contributed by atoms with Gasteiger partial charge in [-0.25, -0.2) is 0 Å². The molecule has 0 spiro atoms. The minimum Gasteiger partial charge on any atom is -0.398 e. The smallest absolute Gasteiger partial charge is 0.246 e. The quantitative estimate of drug-likeness (QED) is 0.842. The molecule has 0 saturated carbocycles. The Balaban J connectivity index is 2.09. The standard InChI is InChI=1S/C15H20N4O/c1-9-5-6-13(7-14(9)16)17-15(20)8-19-12(4)10(2)11(3)18-19/h5-7H,8,16H2,1-4H3,(H,17,20). The lowest BCUT2D eigenvalue weighted by atomic mass is 10.2. The molecule has 0 atom stereocenters. The zero-order valence-electron chi connectivity index (χ0n) is 12.3. The molecule has 1 heterocycles. The summed E-state index contributed by atoms with van der Waals surface area (Å²) in [4.78, 5) is 12.0. The third kappa shape index (κ3) is 2.82. The van der Waals surface area contributed by atoms with Crippen LogP contribution in [0.25, 0.3) is 0 Å². The minimum atomic E-state index is -0.112. The summed E-state index contributed by atoms with van der Waals surface area (Å²) in [6.07, 6.45) is 0. The number of nitrogens with two attached hydrogens (primary N) is 1. The number of hydrogen-bond acceptors (Lipinski definition) is 3. The molecule has 0 aliphatic carbocycles. The van der Waals surface area contributed by atoms with Gasteiger partial charge in [0.15, 0.2) is 0 Å².